The van der Waals surface area contributed by atoms with Crippen molar-refractivity contribution in [1.29, 1.82) is 0 Å². The van der Waals surface area contributed by atoms with Crippen LogP contribution in [0.2, 0.25) is 5.02 Å². The van der Waals surface area contributed by atoms with Crippen molar-refractivity contribution in [3.8, 4) is 0 Å². The number of aryl methyl sites for hydroxylation is 1. The molecule has 0 amide bonds. The molecule has 0 fully saturated rings. The van der Waals surface area contributed by atoms with E-state index in [4.69, 9.17) is 11.6 Å². The lowest BCUT2D eigenvalue weighted by Crippen LogP contribution is -2.09. The molecule has 1 heterocycles. The van der Waals surface area contributed by atoms with Gasteiger partial charge in [-0.2, -0.15) is 0 Å². The van der Waals surface area contributed by atoms with Gasteiger partial charge in [0.05, 0.1) is 16.9 Å². The van der Waals surface area contributed by atoms with Gasteiger partial charge in [-0.1, -0.05) is 17.7 Å². The lowest BCUT2D eigenvalue weighted by atomic mass is 10.0. The molecule has 0 bridgehead atoms. The van der Waals surface area contributed by atoms with E-state index in [1.165, 1.54) is 30.3 Å². The molecule has 5 nitrogen and oxygen atoms in total. The Bertz CT molecular complexity index is 666. The summed E-state index contributed by atoms with van der Waals surface area (Å²) in [6.07, 6.45) is 6.26. The Hall–Kier alpha value is -1.88. The number of nitrogens with zero attached hydrogens (tertiary/aromatic N) is 3. The van der Waals surface area contributed by atoms with Crippen LogP contribution in [0.3, 0.4) is 0 Å². The highest BCUT2D eigenvalue weighted by molar-refractivity contribution is 6.32. The zero-order chi connectivity index (χ0) is 14.1. The van der Waals surface area contributed by atoms with Gasteiger partial charge in [0.2, 0.25) is 0 Å². The number of rotatable bonds is 3. The first-order valence-corrected chi connectivity index (χ1v) is 6.98. The number of benzene rings is 1. The van der Waals surface area contributed by atoms with Gasteiger partial charge in [0.15, 0.2) is 0 Å². The highest BCUT2D eigenvalue weighted by Gasteiger charge is 2.17. The summed E-state index contributed by atoms with van der Waals surface area (Å²) < 4.78 is 2.08. The molecule has 0 radical (unpaired) electrons. The SMILES string of the molecule is O=[N+]([O-])c1cc(Cn2cnc3c2CCCC3)ccc1Cl. The number of nitro benzene ring substituents is 1. The minimum atomic E-state index is -0.449. The van der Waals surface area contributed by atoms with Gasteiger partial charge in [0, 0.05) is 18.3 Å². The molecule has 6 heteroatoms. The van der Waals surface area contributed by atoms with Crippen molar-refractivity contribution < 1.29 is 4.92 Å². The van der Waals surface area contributed by atoms with Crippen molar-refractivity contribution in [2.75, 3.05) is 0 Å². The molecule has 1 aromatic heterocycles. The summed E-state index contributed by atoms with van der Waals surface area (Å²) in [4.78, 5) is 14.9. The highest BCUT2D eigenvalue weighted by atomic mass is 35.5. The Labute approximate surface area is 121 Å². The number of hydrogen-bond donors (Lipinski definition) is 0. The Morgan fingerprint density at radius 3 is 2.95 bits per heavy atom. The Morgan fingerprint density at radius 1 is 1.35 bits per heavy atom. The fourth-order valence-corrected chi connectivity index (χ4v) is 2.85. The Morgan fingerprint density at radius 2 is 2.15 bits per heavy atom. The Kier molecular flexibility index (Phi) is 3.44. The van der Waals surface area contributed by atoms with Gasteiger partial charge in [-0.05, 0) is 37.3 Å². The van der Waals surface area contributed by atoms with Crippen LogP contribution in [0, 0.1) is 10.1 Å². The van der Waals surface area contributed by atoms with Crippen LogP contribution in [0.5, 0.6) is 0 Å². The van der Waals surface area contributed by atoms with E-state index in [0.29, 0.717) is 6.54 Å². The lowest BCUT2D eigenvalue weighted by molar-refractivity contribution is -0.384. The zero-order valence-electron chi connectivity index (χ0n) is 10.9. The number of halogens is 1. The summed E-state index contributed by atoms with van der Waals surface area (Å²) in [6.45, 7) is 0.598. The number of fused-ring (bicyclic) bond motifs is 1. The van der Waals surface area contributed by atoms with Gasteiger partial charge in [-0.3, -0.25) is 10.1 Å². The van der Waals surface area contributed by atoms with Crippen molar-refractivity contribution in [2.45, 2.75) is 32.2 Å². The summed E-state index contributed by atoms with van der Waals surface area (Å²) >= 11 is 5.83. The van der Waals surface area contributed by atoms with E-state index in [1.807, 2.05) is 12.4 Å². The maximum Gasteiger partial charge on any atom is 0.288 e. The first-order valence-electron chi connectivity index (χ1n) is 6.61. The average molecular weight is 292 g/mol. The van der Waals surface area contributed by atoms with E-state index in [1.54, 1.807) is 6.07 Å². The summed E-state index contributed by atoms with van der Waals surface area (Å²) in [5.41, 5.74) is 3.25. The summed E-state index contributed by atoms with van der Waals surface area (Å²) in [5, 5.41) is 11.1. The molecule has 2 aromatic rings. The first kappa shape index (κ1) is 13.1. The number of imidazole rings is 1. The van der Waals surface area contributed by atoms with Gasteiger partial charge in [-0.15, -0.1) is 0 Å². The van der Waals surface area contributed by atoms with Crippen LogP contribution >= 0.6 is 11.6 Å². The van der Waals surface area contributed by atoms with E-state index in [2.05, 4.69) is 9.55 Å². The van der Waals surface area contributed by atoms with E-state index in [0.717, 1.165) is 18.4 Å². The largest absolute Gasteiger partial charge is 0.330 e. The molecule has 0 saturated carbocycles. The van der Waals surface area contributed by atoms with Crippen LogP contribution in [0.15, 0.2) is 24.5 Å². The number of nitro groups is 1. The molecule has 1 aliphatic rings. The van der Waals surface area contributed by atoms with Crippen LogP contribution in [0.25, 0.3) is 0 Å². The minimum Gasteiger partial charge on any atom is -0.330 e. The van der Waals surface area contributed by atoms with E-state index >= 15 is 0 Å². The van der Waals surface area contributed by atoms with Crippen LogP contribution in [0.4, 0.5) is 5.69 Å². The second-order valence-corrected chi connectivity index (χ2v) is 5.42. The molecule has 0 N–H and O–H groups in total. The summed E-state index contributed by atoms with van der Waals surface area (Å²) in [7, 11) is 0. The summed E-state index contributed by atoms with van der Waals surface area (Å²) in [5.74, 6) is 0. The molecule has 0 aliphatic heterocycles. The van der Waals surface area contributed by atoms with Gasteiger partial charge in [0.25, 0.3) is 5.69 Å². The third-order valence-corrected chi connectivity index (χ3v) is 3.99. The van der Waals surface area contributed by atoms with Crippen molar-refractivity contribution in [2.24, 2.45) is 0 Å². The van der Waals surface area contributed by atoms with Gasteiger partial charge >= 0.3 is 0 Å². The molecule has 0 saturated heterocycles. The molecular weight excluding hydrogens is 278 g/mol. The molecular formula is C14H14ClN3O2. The van der Waals surface area contributed by atoms with Crippen LogP contribution in [-0.2, 0) is 19.4 Å². The van der Waals surface area contributed by atoms with Crippen molar-refractivity contribution in [1.82, 2.24) is 9.55 Å². The standard InChI is InChI=1S/C14H14ClN3O2/c15-11-6-5-10(7-14(11)18(19)20)8-17-9-16-12-3-1-2-4-13(12)17/h5-7,9H,1-4,8H2. The molecule has 3 rings (SSSR count). The van der Waals surface area contributed by atoms with Crippen molar-refractivity contribution >= 4 is 17.3 Å². The average Bonchev–Trinajstić information content (AvgIpc) is 2.84. The zero-order valence-corrected chi connectivity index (χ0v) is 11.6. The highest BCUT2D eigenvalue weighted by Crippen LogP contribution is 2.26. The van der Waals surface area contributed by atoms with E-state index in [-0.39, 0.29) is 10.7 Å². The van der Waals surface area contributed by atoms with Crippen molar-refractivity contribution in [3.05, 3.63) is 56.6 Å². The fraction of sp³-hybridized carbons (Fsp3) is 0.357. The van der Waals surface area contributed by atoms with Gasteiger partial charge < -0.3 is 4.57 Å². The second kappa shape index (κ2) is 5.25. The predicted octanol–water partition coefficient (Wildman–Crippen LogP) is 3.37. The monoisotopic (exact) mass is 291 g/mol. The lowest BCUT2D eigenvalue weighted by Gasteiger charge is -2.14. The van der Waals surface area contributed by atoms with Crippen LogP contribution in [-0.4, -0.2) is 14.5 Å². The topological polar surface area (TPSA) is 61.0 Å². The maximum absolute atomic E-state index is 10.9. The smallest absolute Gasteiger partial charge is 0.288 e. The van der Waals surface area contributed by atoms with Crippen molar-refractivity contribution in [3.63, 3.8) is 0 Å². The maximum atomic E-state index is 10.9. The van der Waals surface area contributed by atoms with E-state index < -0.39 is 4.92 Å². The summed E-state index contributed by atoms with van der Waals surface area (Å²) in [6, 6.07) is 4.94. The Balaban J connectivity index is 1.90. The van der Waals surface area contributed by atoms with Gasteiger partial charge in [0.1, 0.15) is 5.02 Å². The molecule has 104 valence electrons. The normalized spacial score (nSPS) is 14.1. The number of aromatic nitrogens is 2. The van der Waals surface area contributed by atoms with Gasteiger partial charge in [-0.25, -0.2) is 4.98 Å². The van der Waals surface area contributed by atoms with Crippen LogP contribution < -0.4 is 0 Å². The molecule has 1 aromatic carbocycles. The molecule has 1 aliphatic carbocycles. The molecule has 0 unspecified atom stereocenters. The van der Waals surface area contributed by atoms with E-state index in [9.17, 15) is 10.1 Å². The quantitative estimate of drug-likeness (QED) is 0.643. The molecule has 20 heavy (non-hydrogen) atoms. The fourth-order valence-electron chi connectivity index (χ4n) is 2.66. The third-order valence-electron chi connectivity index (χ3n) is 3.67. The molecule has 0 spiro atoms. The second-order valence-electron chi connectivity index (χ2n) is 5.02. The minimum absolute atomic E-state index is 0.0434. The van der Waals surface area contributed by atoms with Crippen LogP contribution in [0.1, 0.15) is 29.8 Å². The first-order chi connectivity index (χ1) is 9.65. The third kappa shape index (κ3) is 2.41. The number of hydrogen-bond acceptors (Lipinski definition) is 3. The molecule has 0 atom stereocenters. The predicted molar refractivity (Wildman–Crippen MR) is 76.1 cm³/mol.